The Hall–Kier alpha value is 0.340. The fraction of sp³-hybridized carbons (Fsp3) is 0.750. The van der Waals surface area contributed by atoms with E-state index in [9.17, 15) is 0 Å². The van der Waals surface area contributed by atoms with Crippen molar-refractivity contribution in [3.05, 3.63) is 11.6 Å². The van der Waals surface area contributed by atoms with Gasteiger partial charge in [0, 0.05) is 35.7 Å². The van der Waals surface area contributed by atoms with Crippen LogP contribution in [0, 0.1) is 0 Å². The molecule has 0 aromatic carbocycles. The lowest BCUT2D eigenvalue weighted by molar-refractivity contribution is 0.315. The van der Waals surface area contributed by atoms with Crippen LogP contribution in [0.15, 0.2) is 11.6 Å². The van der Waals surface area contributed by atoms with Crippen LogP contribution in [0.4, 0.5) is 0 Å². The van der Waals surface area contributed by atoms with Crippen LogP contribution in [-0.2, 0) is 0 Å². The molecule has 0 amide bonds. The summed E-state index contributed by atoms with van der Waals surface area (Å²) in [4.78, 5) is 2.36. The van der Waals surface area contributed by atoms with Crippen molar-refractivity contribution in [2.24, 2.45) is 0 Å². The summed E-state index contributed by atoms with van der Waals surface area (Å²) >= 11 is 7.75. The molecular weight excluding hydrogens is 178 g/mol. The summed E-state index contributed by atoms with van der Waals surface area (Å²) in [6.07, 6.45) is 0. The molecule has 1 heterocycles. The Morgan fingerprint density at radius 2 is 2.55 bits per heavy atom. The first-order valence-corrected chi connectivity index (χ1v) is 5.28. The molecule has 1 aliphatic heterocycles. The van der Waals surface area contributed by atoms with E-state index in [0.29, 0.717) is 0 Å². The van der Waals surface area contributed by atoms with Gasteiger partial charge in [0.25, 0.3) is 0 Å². The van der Waals surface area contributed by atoms with E-state index in [1.165, 1.54) is 5.75 Å². The molecule has 1 atom stereocenters. The largest absolute Gasteiger partial charge is 0.296 e. The van der Waals surface area contributed by atoms with E-state index in [1.807, 2.05) is 11.8 Å². The van der Waals surface area contributed by atoms with Gasteiger partial charge in [0.15, 0.2) is 0 Å². The van der Waals surface area contributed by atoms with Gasteiger partial charge in [0.2, 0.25) is 0 Å². The Morgan fingerprint density at radius 3 is 3.09 bits per heavy atom. The molecule has 11 heavy (non-hydrogen) atoms. The maximum atomic E-state index is 5.72. The van der Waals surface area contributed by atoms with Crippen molar-refractivity contribution < 1.29 is 0 Å². The van der Waals surface area contributed by atoms with Gasteiger partial charge in [-0.3, -0.25) is 4.90 Å². The summed E-state index contributed by atoms with van der Waals surface area (Å²) < 4.78 is 0. The minimum atomic E-state index is 0.750. The second-order valence-electron chi connectivity index (χ2n) is 2.93. The number of nitrogens with zero attached hydrogens (tertiary/aromatic N) is 1. The van der Waals surface area contributed by atoms with Crippen molar-refractivity contribution in [2.45, 2.75) is 12.2 Å². The lowest BCUT2D eigenvalue weighted by atomic mass is 10.4. The minimum absolute atomic E-state index is 0.750. The van der Waals surface area contributed by atoms with Crippen LogP contribution in [0.5, 0.6) is 0 Å². The second-order valence-corrected chi connectivity index (χ2v) is 5.01. The molecule has 1 saturated heterocycles. The quantitative estimate of drug-likeness (QED) is 0.659. The fourth-order valence-electron chi connectivity index (χ4n) is 1.28. The first-order chi connectivity index (χ1) is 5.18. The van der Waals surface area contributed by atoms with Gasteiger partial charge in [-0.05, 0) is 0 Å². The maximum absolute atomic E-state index is 5.72. The second kappa shape index (κ2) is 4.39. The van der Waals surface area contributed by atoms with Crippen LogP contribution in [0.1, 0.15) is 6.92 Å². The van der Waals surface area contributed by atoms with E-state index < -0.39 is 0 Å². The monoisotopic (exact) mass is 191 g/mol. The van der Waals surface area contributed by atoms with Crippen molar-refractivity contribution in [3.63, 3.8) is 0 Å². The molecule has 64 valence electrons. The third-order valence-electron chi connectivity index (χ3n) is 1.72. The van der Waals surface area contributed by atoms with Gasteiger partial charge in [0.05, 0.1) is 0 Å². The molecule has 0 saturated carbocycles. The highest BCUT2D eigenvalue weighted by atomic mass is 35.5. The Labute approximate surface area is 77.8 Å². The van der Waals surface area contributed by atoms with E-state index in [4.69, 9.17) is 11.6 Å². The van der Waals surface area contributed by atoms with Crippen molar-refractivity contribution in [3.8, 4) is 0 Å². The molecule has 1 aliphatic rings. The molecule has 0 radical (unpaired) electrons. The summed E-state index contributed by atoms with van der Waals surface area (Å²) in [5.74, 6) is 1.23. The first kappa shape index (κ1) is 9.43. The third kappa shape index (κ3) is 3.50. The Bertz CT molecular complexity index is 149. The highest BCUT2D eigenvalue weighted by molar-refractivity contribution is 7.99. The molecule has 0 N–H and O–H groups in total. The highest BCUT2D eigenvalue weighted by Crippen LogP contribution is 2.18. The van der Waals surface area contributed by atoms with Gasteiger partial charge in [0.1, 0.15) is 0 Å². The van der Waals surface area contributed by atoms with Crippen molar-refractivity contribution >= 4 is 23.4 Å². The van der Waals surface area contributed by atoms with E-state index in [1.54, 1.807) is 0 Å². The Balaban J connectivity index is 2.28. The number of rotatable bonds is 2. The molecule has 1 unspecified atom stereocenters. The molecule has 1 fully saturated rings. The Kier molecular flexibility index (Phi) is 3.76. The van der Waals surface area contributed by atoms with Gasteiger partial charge >= 0.3 is 0 Å². The van der Waals surface area contributed by atoms with Crippen molar-refractivity contribution in [1.82, 2.24) is 4.90 Å². The summed E-state index contributed by atoms with van der Waals surface area (Å²) in [6.45, 7) is 9.11. The third-order valence-corrected chi connectivity index (χ3v) is 2.98. The molecule has 0 aromatic heterocycles. The molecule has 1 rings (SSSR count). The number of hydrogen-bond donors (Lipinski definition) is 0. The molecule has 0 bridgehead atoms. The molecule has 0 aliphatic carbocycles. The average molecular weight is 192 g/mol. The van der Waals surface area contributed by atoms with Crippen molar-refractivity contribution in [1.29, 1.82) is 0 Å². The van der Waals surface area contributed by atoms with Crippen LogP contribution in [0.25, 0.3) is 0 Å². The highest BCUT2D eigenvalue weighted by Gasteiger charge is 2.16. The van der Waals surface area contributed by atoms with Gasteiger partial charge < -0.3 is 0 Å². The summed E-state index contributed by atoms with van der Waals surface area (Å²) in [6, 6.07) is 0. The molecule has 0 spiro atoms. The zero-order valence-electron chi connectivity index (χ0n) is 6.85. The van der Waals surface area contributed by atoms with Crippen LogP contribution < -0.4 is 0 Å². The average Bonchev–Trinajstić information content (AvgIpc) is 1.85. The number of thioether (sulfide) groups is 1. The number of hydrogen-bond acceptors (Lipinski definition) is 2. The normalized spacial score (nSPS) is 26.9. The van der Waals surface area contributed by atoms with Crippen LogP contribution in [0.3, 0.4) is 0 Å². The van der Waals surface area contributed by atoms with Gasteiger partial charge in [-0.15, -0.1) is 0 Å². The summed E-state index contributed by atoms with van der Waals surface area (Å²) in [5.41, 5.74) is 0. The van der Waals surface area contributed by atoms with E-state index in [0.717, 1.165) is 29.9 Å². The molecular formula is C8H14ClNS. The lowest BCUT2D eigenvalue weighted by Gasteiger charge is -2.29. The minimum Gasteiger partial charge on any atom is -0.296 e. The van der Waals surface area contributed by atoms with Gasteiger partial charge in [-0.25, -0.2) is 0 Å². The van der Waals surface area contributed by atoms with E-state index in [-0.39, 0.29) is 0 Å². The number of halogens is 1. The zero-order chi connectivity index (χ0) is 8.27. The topological polar surface area (TPSA) is 3.24 Å². The summed E-state index contributed by atoms with van der Waals surface area (Å²) in [7, 11) is 0. The Morgan fingerprint density at radius 1 is 1.82 bits per heavy atom. The smallest absolute Gasteiger partial charge is 0.0336 e. The van der Waals surface area contributed by atoms with Crippen LogP contribution in [-0.4, -0.2) is 35.5 Å². The van der Waals surface area contributed by atoms with Crippen LogP contribution in [0.2, 0.25) is 0 Å². The zero-order valence-corrected chi connectivity index (χ0v) is 8.42. The standard InChI is InChI=1S/C8H14ClNS/c1-7(9)5-10-3-4-11-8(2)6-10/h8H,1,3-6H2,2H3. The predicted octanol–water partition coefficient (Wildman–Crippen LogP) is 2.18. The maximum Gasteiger partial charge on any atom is 0.0336 e. The van der Waals surface area contributed by atoms with Gasteiger partial charge in [-0.1, -0.05) is 25.1 Å². The van der Waals surface area contributed by atoms with Gasteiger partial charge in [-0.2, -0.15) is 11.8 Å². The molecule has 0 aromatic rings. The fourth-order valence-corrected chi connectivity index (χ4v) is 2.53. The SMILES string of the molecule is C=C(Cl)CN1CCSC(C)C1. The predicted molar refractivity (Wildman–Crippen MR) is 53.4 cm³/mol. The first-order valence-electron chi connectivity index (χ1n) is 3.85. The van der Waals surface area contributed by atoms with Crippen LogP contribution >= 0.6 is 23.4 Å². The van der Waals surface area contributed by atoms with E-state index >= 15 is 0 Å². The van der Waals surface area contributed by atoms with E-state index in [2.05, 4.69) is 18.4 Å². The molecule has 3 heteroatoms. The summed E-state index contributed by atoms with van der Waals surface area (Å²) in [5, 5.41) is 1.50. The van der Waals surface area contributed by atoms with Crippen molar-refractivity contribution in [2.75, 3.05) is 25.4 Å². The lowest BCUT2D eigenvalue weighted by Crippen LogP contribution is -2.37. The molecule has 1 nitrogen and oxygen atoms in total.